The van der Waals surface area contributed by atoms with Crippen LogP contribution in [0.3, 0.4) is 0 Å². The molecule has 0 bridgehead atoms. The first kappa shape index (κ1) is 21.8. The number of nitro groups is 2. The van der Waals surface area contributed by atoms with Gasteiger partial charge in [-0.05, 0) is 36.4 Å². The maximum absolute atomic E-state index is 12.3. The van der Waals surface area contributed by atoms with Crippen LogP contribution in [0.5, 0.6) is 11.5 Å². The zero-order chi connectivity index (χ0) is 23.3. The van der Waals surface area contributed by atoms with Crippen molar-refractivity contribution >= 4 is 29.6 Å². The van der Waals surface area contributed by atoms with E-state index in [2.05, 4.69) is 0 Å². The number of benzene rings is 3. The number of esters is 2. The molecule has 0 aromatic heterocycles. The van der Waals surface area contributed by atoms with Crippen molar-refractivity contribution in [2.45, 2.75) is 0 Å². The van der Waals surface area contributed by atoms with E-state index < -0.39 is 21.8 Å². The van der Waals surface area contributed by atoms with Crippen LogP contribution in [0.25, 0.3) is 0 Å². The van der Waals surface area contributed by atoms with Gasteiger partial charge in [0.1, 0.15) is 11.5 Å². The van der Waals surface area contributed by atoms with Crippen LogP contribution in [-0.4, -0.2) is 28.1 Å². The summed E-state index contributed by atoms with van der Waals surface area (Å²) >= 11 is 0. The quantitative estimate of drug-likeness (QED) is 0.177. The van der Waals surface area contributed by atoms with Crippen molar-refractivity contribution < 1.29 is 33.7 Å². The molecule has 0 fully saturated rings. The average molecular weight is 436 g/mol. The van der Waals surface area contributed by atoms with Gasteiger partial charge < -0.3 is 9.47 Å². The lowest BCUT2D eigenvalue weighted by Crippen LogP contribution is -2.11. The number of aldehydes is 1. The molecule has 0 unspecified atom stereocenters. The lowest BCUT2D eigenvalue weighted by Gasteiger charge is -2.10. The highest BCUT2D eigenvalue weighted by Crippen LogP contribution is 2.26. The van der Waals surface area contributed by atoms with Crippen LogP contribution < -0.4 is 9.47 Å². The summed E-state index contributed by atoms with van der Waals surface area (Å²) < 4.78 is 10.4. The zero-order valence-corrected chi connectivity index (χ0v) is 16.0. The second-order valence-corrected chi connectivity index (χ2v) is 6.20. The summed E-state index contributed by atoms with van der Waals surface area (Å²) in [5, 5.41) is 21.4. The van der Waals surface area contributed by atoms with Gasteiger partial charge in [-0.1, -0.05) is 0 Å². The molecule has 3 aromatic carbocycles. The van der Waals surface area contributed by atoms with E-state index >= 15 is 0 Å². The van der Waals surface area contributed by atoms with Crippen LogP contribution in [0.1, 0.15) is 31.1 Å². The van der Waals surface area contributed by atoms with E-state index in [9.17, 15) is 34.6 Å². The summed E-state index contributed by atoms with van der Waals surface area (Å²) in [7, 11) is 0. The first-order chi connectivity index (χ1) is 15.3. The van der Waals surface area contributed by atoms with Crippen LogP contribution in [0, 0.1) is 20.2 Å². The van der Waals surface area contributed by atoms with Crippen molar-refractivity contribution in [1.82, 2.24) is 0 Å². The average Bonchev–Trinajstić information content (AvgIpc) is 2.79. The van der Waals surface area contributed by atoms with Crippen molar-refractivity contribution in [1.29, 1.82) is 0 Å². The molecule has 0 aliphatic heterocycles. The Hall–Kier alpha value is -4.93. The van der Waals surface area contributed by atoms with Crippen molar-refractivity contribution in [3.63, 3.8) is 0 Å². The zero-order valence-electron chi connectivity index (χ0n) is 16.0. The Bertz CT molecular complexity index is 1220. The molecule has 0 radical (unpaired) electrons. The highest BCUT2D eigenvalue weighted by molar-refractivity contribution is 5.94. The Kier molecular flexibility index (Phi) is 6.30. The number of rotatable bonds is 7. The number of carbonyl (C=O) groups is 3. The molecule has 160 valence electrons. The summed E-state index contributed by atoms with van der Waals surface area (Å²) in [4.78, 5) is 56.1. The Morgan fingerprint density at radius 1 is 0.719 bits per heavy atom. The monoisotopic (exact) mass is 436 g/mol. The third-order valence-electron chi connectivity index (χ3n) is 4.15. The van der Waals surface area contributed by atoms with Crippen molar-refractivity contribution in [2.75, 3.05) is 0 Å². The van der Waals surface area contributed by atoms with E-state index in [1.54, 1.807) is 0 Å². The molecule has 0 aliphatic carbocycles. The van der Waals surface area contributed by atoms with Crippen molar-refractivity contribution in [3.8, 4) is 11.5 Å². The third kappa shape index (κ3) is 4.97. The number of hydrogen-bond acceptors (Lipinski definition) is 9. The fraction of sp³-hybridized carbons (Fsp3) is 0. The Morgan fingerprint density at radius 2 is 1.19 bits per heavy atom. The minimum absolute atomic E-state index is 0.000673. The molecule has 0 saturated carbocycles. The van der Waals surface area contributed by atoms with Gasteiger partial charge in [-0.3, -0.25) is 25.0 Å². The number of non-ortho nitro benzene ring substituents is 2. The fourth-order valence-electron chi connectivity index (χ4n) is 2.53. The lowest BCUT2D eigenvalue weighted by molar-refractivity contribution is -0.385. The van der Waals surface area contributed by atoms with Gasteiger partial charge in [-0.2, -0.15) is 0 Å². The van der Waals surface area contributed by atoms with Gasteiger partial charge in [0.05, 0.1) is 26.5 Å². The molecule has 0 amide bonds. The maximum atomic E-state index is 12.3. The predicted molar refractivity (Wildman–Crippen MR) is 108 cm³/mol. The number of nitro benzene ring substituents is 2. The molecule has 0 N–H and O–H groups in total. The summed E-state index contributed by atoms with van der Waals surface area (Å²) in [5.41, 5.74) is -0.372. The minimum atomic E-state index is -0.887. The first-order valence-corrected chi connectivity index (χ1v) is 8.81. The minimum Gasteiger partial charge on any atom is -0.423 e. The molecule has 3 aromatic rings. The smallest absolute Gasteiger partial charge is 0.343 e. The predicted octanol–water partition coefficient (Wildman–Crippen LogP) is 3.75. The third-order valence-corrected chi connectivity index (χ3v) is 4.15. The van der Waals surface area contributed by atoms with Crippen LogP contribution in [0.2, 0.25) is 0 Å². The topological polar surface area (TPSA) is 156 Å². The van der Waals surface area contributed by atoms with E-state index in [4.69, 9.17) is 9.47 Å². The Balaban J connectivity index is 1.78. The second kappa shape index (κ2) is 9.26. The maximum Gasteiger partial charge on any atom is 0.343 e. The van der Waals surface area contributed by atoms with Crippen LogP contribution in [-0.2, 0) is 0 Å². The van der Waals surface area contributed by atoms with Gasteiger partial charge in [-0.25, -0.2) is 9.59 Å². The Labute approximate surface area is 179 Å². The first-order valence-electron chi connectivity index (χ1n) is 8.81. The molecule has 0 atom stereocenters. The summed E-state index contributed by atoms with van der Waals surface area (Å²) in [5.74, 6) is -1.96. The van der Waals surface area contributed by atoms with E-state index in [1.807, 2.05) is 0 Å². The molecular weight excluding hydrogens is 424 g/mol. The van der Waals surface area contributed by atoms with Gasteiger partial charge >= 0.3 is 11.9 Å². The molecule has 32 heavy (non-hydrogen) atoms. The number of nitrogens with zero attached hydrogens (tertiary/aromatic N) is 2. The standard InChI is InChI=1S/C21H12N2O9/c24-12-15-5-10-18(31-20(25)13-1-6-16(7-2-13)22(27)28)11-19(15)32-21(26)14-3-8-17(9-4-14)23(29)30/h1-12H. The van der Waals surface area contributed by atoms with Gasteiger partial charge in [0.15, 0.2) is 6.29 Å². The van der Waals surface area contributed by atoms with E-state index in [0.29, 0.717) is 6.29 Å². The van der Waals surface area contributed by atoms with Gasteiger partial charge in [0, 0.05) is 30.3 Å². The van der Waals surface area contributed by atoms with Gasteiger partial charge in [0.2, 0.25) is 0 Å². The second-order valence-electron chi connectivity index (χ2n) is 6.20. The molecule has 3 rings (SSSR count). The molecule has 11 heteroatoms. The largest absolute Gasteiger partial charge is 0.423 e. The summed E-state index contributed by atoms with van der Waals surface area (Å²) in [6, 6.07) is 13.1. The van der Waals surface area contributed by atoms with Gasteiger partial charge in [0.25, 0.3) is 11.4 Å². The summed E-state index contributed by atoms with van der Waals surface area (Å²) in [6.45, 7) is 0. The summed E-state index contributed by atoms with van der Waals surface area (Å²) in [6.07, 6.45) is 0.431. The van der Waals surface area contributed by atoms with Crippen LogP contribution >= 0.6 is 0 Å². The molecule has 0 saturated heterocycles. The molecule has 11 nitrogen and oxygen atoms in total. The molecule has 0 heterocycles. The highest BCUT2D eigenvalue weighted by Gasteiger charge is 2.17. The van der Waals surface area contributed by atoms with E-state index in [0.717, 1.165) is 30.3 Å². The SMILES string of the molecule is O=Cc1ccc(OC(=O)c2ccc([N+](=O)[O-])cc2)cc1OC(=O)c1ccc([N+](=O)[O-])cc1. The van der Waals surface area contributed by atoms with E-state index in [-0.39, 0.29) is 39.6 Å². The van der Waals surface area contributed by atoms with E-state index in [1.165, 1.54) is 36.4 Å². The van der Waals surface area contributed by atoms with Crippen molar-refractivity contribution in [3.05, 3.63) is 104 Å². The Morgan fingerprint density at radius 3 is 1.62 bits per heavy atom. The molecular formula is C21H12N2O9. The van der Waals surface area contributed by atoms with Crippen LogP contribution in [0.4, 0.5) is 11.4 Å². The van der Waals surface area contributed by atoms with Gasteiger partial charge in [-0.15, -0.1) is 0 Å². The van der Waals surface area contributed by atoms with Crippen molar-refractivity contribution in [2.24, 2.45) is 0 Å². The number of hydrogen-bond donors (Lipinski definition) is 0. The lowest BCUT2D eigenvalue weighted by atomic mass is 10.2. The fourth-order valence-corrected chi connectivity index (χ4v) is 2.53. The number of ether oxygens (including phenoxy) is 2. The van der Waals surface area contributed by atoms with Crippen LogP contribution in [0.15, 0.2) is 66.7 Å². The molecule has 0 aliphatic rings. The molecule has 0 spiro atoms. The normalized spacial score (nSPS) is 10.1. The number of carbonyl (C=O) groups excluding carboxylic acids is 3. The highest BCUT2D eigenvalue weighted by atomic mass is 16.6.